The number of carbonyl (C=O) groups is 1. The van der Waals surface area contributed by atoms with E-state index in [0.29, 0.717) is 18.8 Å². The molecular weight excluding hydrogens is 188 g/mol. The van der Waals surface area contributed by atoms with E-state index in [1.807, 2.05) is 19.1 Å². The number of hydrogen-bond donors (Lipinski definition) is 0. The first kappa shape index (κ1) is 9.72. The normalized spacial score (nSPS) is 20.4. The van der Waals surface area contributed by atoms with Crippen molar-refractivity contribution in [1.82, 2.24) is 4.98 Å². The van der Waals surface area contributed by atoms with Crippen molar-refractivity contribution in [3.05, 3.63) is 23.9 Å². The van der Waals surface area contributed by atoms with Crippen LogP contribution in [-0.4, -0.2) is 17.4 Å². The zero-order chi connectivity index (χ0) is 10.8. The quantitative estimate of drug-likeness (QED) is 0.641. The zero-order valence-electron chi connectivity index (χ0n) is 8.60. The number of amides is 1. The number of carbonyl (C=O) groups excluding carboxylic acids is 1. The van der Waals surface area contributed by atoms with Crippen LogP contribution in [-0.2, 0) is 4.79 Å². The summed E-state index contributed by atoms with van der Waals surface area (Å²) in [6.07, 6.45) is 7.50. The summed E-state index contributed by atoms with van der Waals surface area (Å²) >= 11 is 0. The van der Waals surface area contributed by atoms with E-state index in [9.17, 15) is 4.79 Å². The molecule has 0 saturated carbocycles. The van der Waals surface area contributed by atoms with Gasteiger partial charge in [0.1, 0.15) is 5.82 Å². The van der Waals surface area contributed by atoms with Crippen LogP contribution in [0.5, 0.6) is 0 Å². The van der Waals surface area contributed by atoms with Gasteiger partial charge in [0.25, 0.3) is 0 Å². The van der Waals surface area contributed by atoms with Crippen LogP contribution in [0.4, 0.5) is 5.82 Å². The third kappa shape index (κ3) is 1.84. The van der Waals surface area contributed by atoms with Gasteiger partial charge < -0.3 is 0 Å². The van der Waals surface area contributed by atoms with E-state index in [2.05, 4.69) is 10.9 Å². The Bertz CT molecular complexity index is 416. The molecule has 1 aromatic rings. The Kier molecular flexibility index (Phi) is 2.42. The van der Waals surface area contributed by atoms with E-state index in [4.69, 9.17) is 6.42 Å². The monoisotopic (exact) mass is 200 g/mol. The van der Waals surface area contributed by atoms with Crippen LogP contribution < -0.4 is 4.90 Å². The lowest BCUT2D eigenvalue weighted by Gasteiger charge is -2.14. The third-order valence-corrected chi connectivity index (χ3v) is 2.53. The topological polar surface area (TPSA) is 33.2 Å². The van der Waals surface area contributed by atoms with E-state index in [0.717, 1.165) is 5.56 Å². The summed E-state index contributed by atoms with van der Waals surface area (Å²) in [6.45, 7) is 2.55. The molecule has 0 radical (unpaired) electrons. The molecule has 15 heavy (non-hydrogen) atoms. The lowest BCUT2D eigenvalue weighted by atomic mass is 10.1. The van der Waals surface area contributed by atoms with E-state index in [1.165, 1.54) is 0 Å². The van der Waals surface area contributed by atoms with Crippen LogP contribution in [0.3, 0.4) is 0 Å². The Morgan fingerprint density at radius 1 is 1.60 bits per heavy atom. The molecule has 1 unspecified atom stereocenters. The fourth-order valence-electron chi connectivity index (χ4n) is 1.66. The second kappa shape index (κ2) is 3.74. The molecule has 1 aliphatic rings. The van der Waals surface area contributed by atoms with Gasteiger partial charge >= 0.3 is 0 Å². The van der Waals surface area contributed by atoms with Crippen LogP contribution >= 0.6 is 0 Å². The molecule has 1 saturated heterocycles. The molecule has 2 heterocycles. The number of hydrogen-bond acceptors (Lipinski definition) is 2. The summed E-state index contributed by atoms with van der Waals surface area (Å²) in [5, 5.41) is 0. The van der Waals surface area contributed by atoms with Gasteiger partial charge in [0, 0.05) is 25.1 Å². The second-order valence-electron chi connectivity index (χ2n) is 3.77. The number of rotatable bonds is 1. The van der Waals surface area contributed by atoms with Crippen LogP contribution in [0.25, 0.3) is 0 Å². The van der Waals surface area contributed by atoms with Crippen LogP contribution in [0.15, 0.2) is 18.3 Å². The summed E-state index contributed by atoms with van der Waals surface area (Å²) in [4.78, 5) is 17.5. The Balaban J connectivity index is 2.22. The van der Waals surface area contributed by atoms with Crippen LogP contribution in [0.1, 0.15) is 12.0 Å². The molecule has 0 bridgehead atoms. The largest absolute Gasteiger partial charge is 0.296 e. The Morgan fingerprint density at radius 3 is 2.93 bits per heavy atom. The maximum absolute atomic E-state index is 11.6. The van der Waals surface area contributed by atoms with Gasteiger partial charge in [0.2, 0.25) is 5.91 Å². The molecule has 1 aliphatic heterocycles. The molecule has 3 nitrogen and oxygen atoms in total. The van der Waals surface area contributed by atoms with Gasteiger partial charge in [-0.3, -0.25) is 9.69 Å². The first-order valence-corrected chi connectivity index (χ1v) is 4.90. The van der Waals surface area contributed by atoms with Crippen molar-refractivity contribution in [2.75, 3.05) is 11.4 Å². The standard InChI is InChI=1S/C12H12N2O/c1-3-10-6-12(15)14(8-10)11-5-4-9(2)7-13-11/h1,4-5,7,10H,6,8H2,2H3. The molecule has 0 spiro atoms. The molecule has 0 aliphatic carbocycles. The number of terminal acetylenes is 1. The summed E-state index contributed by atoms with van der Waals surface area (Å²) in [5.74, 6) is 3.41. The van der Waals surface area contributed by atoms with Crippen LogP contribution in [0, 0.1) is 25.2 Å². The van der Waals surface area contributed by atoms with Crippen molar-refractivity contribution in [2.24, 2.45) is 5.92 Å². The molecule has 1 amide bonds. The molecule has 0 aromatic carbocycles. The molecule has 0 N–H and O–H groups in total. The van der Waals surface area contributed by atoms with Crippen LogP contribution in [0.2, 0.25) is 0 Å². The van der Waals surface area contributed by atoms with Crippen molar-refractivity contribution in [1.29, 1.82) is 0 Å². The van der Waals surface area contributed by atoms with Gasteiger partial charge in [0.05, 0.1) is 0 Å². The summed E-state index contributed by atoms with van der Waals surface area (Å²) < 4.78 is 0. The maximum atomic E-state index is 11.6. The summed E-state index contributed by atoms with van der Waals surface area (Å²) in [7, 11) is 0. The minimum Gasteiger partial charge on any atom is -0.296 e. The van der Waals surface area contributed by atoms with Gasteiger partial charge in [-0.25, -0.2) is 4.98 Å². The number of anilines is 1. The SMILES string of the molecule is C#CC1CC(=O)N(c2ccc(C)cn2)C1. The van der Waals surface area contributed by atoms with E-state index in [-0.39, 0.29) is 11.8 Å². The number of nitrogens with zero attached hydrogens (tertiary/aromatic N) is 2. The average molecular weight is 200 g/mol. The lowest BCUT2D eigenvalue weighted by molar-refractivity contribution is -0.117. The van der Waals surface area contributed by atoms with Gasteiger partial charge in [-0.2, -0.15) is 0 Å². The molecule has 76 valence electrons. The smallest absolute Gasteiger partial charge is 0.229 e. The Morgan fingerprint density at radius 2 is 2.40 bits per heavy atom. The lowest BCUT2D eigenvalue weighted by Crippen LogP contribution is -2.25. The molecule has 3 heteroatoms. The highest BCUT2D eigenvalue weighted by Crippen LogP contribution is 2.22. The van der Waals surface area contributed by atoms with Gasteiger partial charge in [-0.05, 0) is 18.6 Å². The van der Waals surface area contributed by atoms with E-state index in [1.54, 1.807) is 11.1 Å². The molecule has 1 fully saturated rings. The minimum absolute atomic E-state index is 0.0283. The van der Waals surface area contributed by atoms with Crippen molar-refractivity contribution < 1.29 is 4.79 Å². The number of pyridine rings is 1. The molecule has 1 aromatic heterocycles. The zero-order valence-corrected chi connectivity index (χ0v) is 8.60. The van der Waals surface area contributed by atoms with Crippen molar-refractivity contribution in [3.63, 3.8) is 0 Å². The summed E-state index contributed by atoms with van der Waals surface area (Å²) in [5.41, 5.74) is 1.08. The van der Waals surface area contributed by atoms with Crippen molar-refractivity contribution >= 4 is 11.7 Å². The molecule has 1 atom stereocenters. The number of aromatic nitrogens is 1. The second-order valence-corrected chi connectivity index (χ2v) is 3.77. The fraction of sp³-hybridized carbons (Fsp3) is 0.333. The summed E-state index contributed by atoms with van der Waals surface area (Å²) in [6, 6.07) is 3.80. The average Bonchev–Trinajstić information content (AvgIpc) is 2.61. The first-order valence-electron chi connectivity index (χ1n) is 4.90. The first-order chi connectivity index (χ1) is 7.20. The highest BCUT2D eigenvalue weighted by Gasteiger charge is 2.29. The minimum atomic E-state index is 0.0283. The highest BCUT2D eigenvalue weighted by molar-refractivity contribution is 5.95. The Labute approximate surface area is 89.1 Å². The van der Waals surface area contributed by atoms with E-state index >= 15 is 0 Å². The maximum Gasteiger partial charge on any atom is 0.229 e. The fourth-order valence-corrected chi connectivity index (χ4v) is 1.66. The van der Waals surface area contributed by atoms with Crippen molar-refractivity contribution in [3.8, 4) is 12.3 Å². The van der Waals surface area contributed by atoms with E-state index < -0.39 is 0 Å². The highest BCUT2D eigenvalue weighted by atomic mass is 16.2. The predicted molar refractivity (Wildman–Crippen MR) is 58.3 cm³/mol. The van der Waals surface area contributed by atoms with Gasteiger partial charge in [-0.1, -0.05) is 6.07 Å². The molecule has 2 rings (SSSR count). The third-order valence-electron chi connectivity index (χ3n) is 2.53. The molecular formula is C12H12N2O. The van der Waals surface area contributed by atoms with Gasteiger partial charge in [-0.15, -0.1) is 12.3 Å². The number of aryl methyl sites for hydroxylation is 1. The van der Waals surface area contributed by atoms with Gasteiger partial charge in [0.15, 0.2) is 0 Å². The Hall–Kier alpha value is -1.82. The predicted octanol–water partition coefficient (Wildman–Crippen LogP) is 1.38. The van der Waals surface area contributed by atoms with Crippen molar-refractivity contribution in [2.45, 2.75) is 13.3 Å².